The smallest absolute Gasteiger partial charge is 0.259 e. The highest BCUT2D eigenvalue weighted by Gasteiger charge is 2.36. The van der Waals surface area contributed by atoms with Crippen molar-refractivity contribution in [3.63, 3.8) is 0 Å². The van der Waals surface area contributed by atoms with Crippen molar-refractivity contribution in [2.45, 2.75) is 25.3 Å². The fourth-order valence-corrected chi connectivity index (χ4v) is 3.12. The van der Waals surface area contributed by atoms with E-state index in [1.54, 1.807) is 29.4 Å². The normalized spacial score (nSPS) is 17.2. The van der Waals surface area contributed by atoms with Gasteiger partial charge in [0.05, 0.1) is 17.9 Å². The maximum atomic E-state index is 12.7. The van der Waals surface area contributed by atoms with Gasteiger partial charge < -0.3 is 0 Å². The van der Waals surface area contributed by atoms with E-state index in [-0.39, 0.29) is 11.9 Å². The van der Waals surface area contributed by atoms with E-state index in [4.69, 9.17) is 23.2 Å². The molecular weight excluding hydrogens is 307 g/mol. The summed E-state index contributed by atoms with van der Waals surface area (Å²) in [6, 6.07) is 7.32. The minimum atomic E-state index is -0.0152. The number of nitrogens with zero attached hydrogens (tertiary/aromatic N) is 2. The lowest BCUT2D eigenvalue weighted by atomic mass is 10.0. The van der Waals surface area contributed by atoms with Crippen LogP contribution in [0.1, 0.15) is 40.9 Å². The summed E-state index contributed by atoms with van der Waals surface area (Å²) < 4.78 is 0. The van der Waals surface area contributed by atoms with E-state index in [1.165, 1.54) is 0 Å². The van der Waals surface area contributed by atoms with Gasteiger partial charge in [-0.25, -0.2) is 0 Å². The summed E-state index contributed by atoms with van der Waals surface area (Å²) in [4.78, 5) is 18.7. The molecule has 0 fully saturated rings. The van der Waals surface area contributed by atoms with E-state index in [0.29, 0.717) is 16.5 Å². The quantitative estimate of drug-likeness (QED) is 0.775. The number of carbonyl (C=O) groups is 1. The second kappa shape index (κ2) is 5.66. The number of carbonyl (C=O) groups excluding carboxylic acids is 1. The number of anilines is 1. The highest BCUT2D eigenvalue weighted by atomic mass is 35.5. The van der Waals surface area contributed by atoms with E-state index < -0.39 is 0 Å². The van der Waals surface area contributed by atoms with Crippen LogP contribution in [0.25, 0.3) is 0 Å². The van der Waals surface area contributed by atoms with E-state index in [1.807, 2.05) is 12.1 Å². The van der Waals surface area contributed by atoms with Gasteiger partial charge >= 0.3 is 0 Å². The monoisotopic (exact) mass is 320 g/mol. The fraction of sp³-hybridized carbons (Fsp3) is 0.250. The Morgan fingerprint density at radius 1 is 1.29 bits per heavy atom. The van der Waals surface area contributed by atoms with Crippen LogP contribution in [0.3, 0.4) is 0 Å². The molecule has 2 heterocycles. The number of benzene rings is 1. The first kappa shape index (κ1) is 14.4. The maximum Gasteiger partial charge on any atom is 0.259 e. The van der Waals surface area contributed by atoms with Crippen LogP contribution in [-0.2, 0) is 5.88 Å². The van der Waals surface area contributed by atoms with Gasteiger partial charge in [0, 0.05) is 22.7 Å². The Bertz CT molecular complexity index is 702. The molecule has 0 aliphatic carbocycles. The van der Waals surface area contributed by atoms with Gasteiger partial charge in [-0.3, -0.25) is 14.7 Å². The van der Waals surface area contributed by atoms with Crippen LogP contribution in [0.4, 0.5) is 5.69 Å². The van der Waals surface area contributed by atoms with E-state index in [2.05, 4.69) is 11.9 Å². The van der Waals surface area contributed by atoms with Crippen molar-refractivity contribution in [3.8, 4) is 0 Å². The van der Waals surface area contributed by atoms with E-state index in [9.17, 15) is 4.79 Å². The van der Waals surface area contributed by atoms with Crippen LogP contribution < -0.4 is 4.90 Å². The molecule has 5 heteroatoms. The Morgan fingerprint density at radius 2 is 2.10 bits per heavy atom. The Balaban J connectivity index is 2.09. The van der Waals surface area contributed by atoms with Crippen molar-refractivity contribution in [3.05, 3.63) is 58.4 Å². The van der Waals surface area contributed by atoms with Gasteiger partial charge in [-0.05, 0) is 41.8 Å². The molecule has 1 atom stereocenters. The van der Waals surface area contributed by atoms with Crippen molar-refractivity contribution in [1.82, 2.24) is 4.98 Å². The summed E-state index contributed by atoms with van der Waals surface area (Å²) in [5.41, 5.74) is 3.36. The number of halogens is 2. The number of rotatable bonds is 3. The highest BCUT2D eigenvalue weighted by molar-refractivity contribution is 6.31. The SMILES string of the molecule is CCC1c2cc(Cl)ccc2C(=O)N1c1cncc(CCl)c1. The van der Waals surface area contributed by atoms with Gasteiger partial charge in [0.15, 0.2) is 0 Å². The molecule has 0 N–H and O–H groups in total. The van der Waals surface area contributed by atoms with E-state index in [0.717, 1.165) is 23.2 Å². The van der Waals surface area contributed by atoms with Crippen LogP contribution >= 0.6 is 23.2 Å². The van der Waals surface area contributed by atoms with Crippen LogP contribution in [0.15, 0.2) is 36.7 Å². The van der Waals surface area contributed by atoms with Crippen molar-refractivity contribution in [1.29, 1.82) is 0 Å². The molecule has 0 bridgehead atoms. The standard InChI is InChI=1S/C16H14Cl2N2O/c1-2-15-14-6-11(18)3-4-13(14)16(21)20(15)12-5-10(7-17)8-19-9-12/h3-6,8-9,15H,2,7H2,1H3. The van der Waals surface area contributed by atoms with Gasteiger partial charge in [-0.2, -0.15) is 0 Å². The molecule has 1 aromatic carbocycles. The predicted octanol–water partition coefficient (Wildman–Crippen LogP) is 4.59. The lowest BCUT2D eigenvalue weighted by Crippen LogP contribution is -2.27. The first-order valence-electron chi connectivity index (χ1n) is 6.78. The second-order valence-electron chi connectivity index (χ2n) is 5.02. The molecule has 1 aliphatic rings. The maximum absolute atomic E-state index is 12.7. The summed E-state index contributed by atoms with van der Waals surface area (Å²) >= 11 is 11.9. The third-order valence-corrected chi connectivity index (χ3v) is 4.28. The molecule has 3 nitrogen and oxygen atoms in total. The third-order valence-electron chi connectivity index (χ3n) is 3.73. The predicted molar refractivity (Wildman–Crippen MR) is 85.1 cm³/mol. The Morgan fingerprint density at radius 3 is 2.81 bits per heavy atom. The molecule has 1 aromatic heterocycles. The molecule has 3 rings (SSSR count). The molecule has 0 saturated carbocycles. The number of pyridine rings is 1. The number of hydrogen-bond acceptors (Lipinski definition) is 2. The van der Waals surface area contributed by atoms with Gasteiger partial charge in [0.1, 0.15) is 0 Å². The molecule has 1 unspecified atom stereocenters. The largest absolute Gasteiger partial charge is 0.299 e. The molecule has 0 radical (unpaired) electrons. The van der Waals surface area contributed by atoms with E-state index >= 15 is 0 Å². The molecule has 0 saturated heterocycles. The van der Waals surface area contributed by atoms with Gasteiger partial charge in [0.25, 0.3) is 5.91 Å². The fourth-order valence-electron chi connectivity index (χ4n) is 2.79. The topological polar surface area (TPSA) is 33.2 Å². The Kier molecular flexibility index (Phi) is 3.87. The zero-order chi connectivity index (χ0) is 15.0. The zero-order valence-corrected chi connectivity index (χ0v) is 13.0. The lowest BCUT2D eigenvalue weighted by Gasteiger charge is -2.24. The summed E-state index contributed by atoms with van der Waals surface area (Å²) in [5.74, 6) is 0.361. The molecular formula is C16H14Cl2N2O. The van der Waals surface area contributed by atoms with Crippen LogP contribution in [0.5, 0.6) is 0 Å². The molecule has 0 spiro atoms. The lowest BCUT2D eigenvalue weighted by molar-refractivity contribution is 0.0990. The Labute approximate surface area is 133 Å². The zero-order valence-electron chi connectivity index (χ0n) is 11.5. The molecule has 2 aromatic rings. The van der Waals surface area contributed by atoms with Crippen molar-refractivity contribution >= 4 is 34.8 Å². The van der Waals surface area contributed by atoms with Gasteiger partial charge in [0.2, 0.25) is 0 Å². The average Bonchev–Trinajstić information content (AvgIpc) is 2.79. The number of alkyl halides is 1. The van der Waals surface area contributed by atoms with Crippen molar-refractivity contribution in [2.75, 3.05) is 4.90 Å². The summed E-state index contributed by atoms with van der Waals surface area (Å²) in [5, 5.41) is 0.648. The molecule has 1 aliphatic heterocycles. The van der Waals surface area contributed by atoms with Crippen LogP contribution in [0, 0.1) is 0 Å². The summed E-state index contributed by atoms with van der Waals surface area (Å²) in [6.07, 6.45) is 4.22. The van der Waals surface area contributed by atoms with Gasteiger partial charge in [-0.15, -0.1) is 11.6 Å². The number of aromatic nitrogens is 1. The molecule has 108 valence electrons. The van der Waals surface area contributed by atoms with Crippen molar-refractivity contribution < 1.29 is 4.79 Å². The van der Waals surface area contributed by atoms with Gasteiger partial charge in [-0.1, -0.05) is 18.5 Å². The minimum Gasteiger partial charge on any atom is -0.299 e. The average molecular weight is 321 g/mol. The van der Waals surface area contributed by atoms with Crippen LogP contribution in [0.2, 0.25) is 5.02 Å². The van der Waals surface area contributed by atoms with Crippen LogP contribution in [-0.4, -0.2) is 10.9 Å². The Hall–Kier alpha value is -1.58. The summed E-state index contributed by atoms with van der Waals surface area (Å²) in [7, 11) is 0. The first-order valence-corrected chi connectivity index (χ1v) is 7.69. The second-order valence-corrected chi connectivity index (χ2v) is 5.72. The number of fused-ring (bicyclic) bond motifs is 1. The third kappa shape index (κ3) is 2.41. The molecule has 1 amide bonds. The number of amides is 1. The first-order chi connectivity index (χ1) is 10.2. The minimum absolute atomic E-state index is 0.0120. The van der Waals surface area contributed by atoms with Crippen molar-refractivity contribution in [2.24, 2.45) is 0 Å². The summed E-state index contributed by atoms with van der Waals surface area (Å²) in [6.45, 7) is 2.06. The molecule has 21 heavy (non-hydrogen) atoms. The number of hydrogen-bond donors (Lipinski definition) is 0. The highest BCUT2D eigenvalue weighted by Crippen LogP contribution is 2.40.